The topological polar surface area (TPSA) is 70.5 Å². The fourth-order valence-electron chi connectivity index (χ4n) is 3.23. The highest BCUT2D eigenvalue weighted by Crippen LogP contribution is 2.36. The molecule has 6 nitrogen and oxygen atoms in total. The van der Waals surface area contributed by atoms with E-state index in [1.165, 1.54) is 19.5 Å². The van der Waals surface area contributed by atoms with Crippen LogP contribution in [0.2, 0.25) is 0 Å². The number of halogens is 3. The molecule has 2 N–H and O–H groups in total. The summed E-state index contributed by atoms with van der Waals surface area (Å²) in [6.45, 7) is 2.06. The molecule has 0 radical (unpaired) electrons. The molecular weight excluding hydrogens is 381 g/mol. The Hall–Kier alpha value is -1.62. The van der Waals surface area contributed by atoms with E-state index in [0.29, 0.717) is 24.3 Å². The summed E-state index contributed by atoms with van der Waals surface area (Å²) in [6.07, 6.45) is 0.442. The molecule has 1 aliphatic rings. The third-order valence-corrected chi connectivity index (χ3v) is 6.08. The minimum absolute atomic E-state index is 0.271. The molecule has 1 aromatic carbocycles. The maximum atomic E-state index is 12.9. The van der Waals surface area contributed by atoms with Crippen molar-refractivity contribution in [2.45, 2.75) is 19.0 Å². The molecular formula is C17H23F3N4O2S. The summed E-state index contributed by atoms with van der Waals surface area (Å²) < 4.78 is 56.9. The van der Waals surface area contributed by atoms with Crippen molar-refractivity contribution in [2.75, 3.05) is 37.9 Å². The maximum Gasteiger partial charge on any atom is 0.416 e. The Morgan fingerprint density at radius 1 is 1.37 bits per heavy atom. The summed E-state index contributed by atoms with van der Waals surface area (Å²) in [4.78, 5) is 10.4. The van der Waals surface area contributed by atoms with Gasteiger partial charge in [-0.15, -0.1) is 10.8 Å². The first-order valence-corrected chi connectivity index (χ1v) is 10.5. The van der Waals surface area contributed by atoms with Gasteiger partial charge in [-0.05, 0) is 37.0 Å². The lowest BCUT2D eigenvalue weighted by Gasteiger charge is -2.38. The second-order valence-electron chi connectivity index (χ2n) is 6.70. The molecule has 0 aliphatic carbocycles. The van der Waals surface area contributed by atoms with Crippen molar-refractivity contribution in [2.24, 2.45) is 5.92 Å². The van der Waals surface area contributed by atoms with Crippen molar-refractivity contribution in [3.8, 4) is 0 Å². The van der Waals surface area contributed by atoms with E-state index in [1.807, 2.05) is 0 Å². The Balaban J connectivity index is 1.80. The molecule has 1 fully saturated rings. The maximum absolute atomic E-state index is 12.9. The minimum Gasteiger partial charge on any atom is -0.356 e. The van der Waals surface area contributed by atoms with E-state index in [-0.39, 0.29) is 11.4 Å². The van der Waals surface area contributed by atoms with Crippen LogP contribution in [0, 0.1) is 5.92 Å². The summed E-state index contributed by atoms with van der Waals surface area (Å²) >= 11 is 0. The lowest BCUT2D eigenvalue weighted by molar-refractivity contribution is -0.137. The molecule has 150 valence electrons. The summed E-state index contributed by atoms with van der Waals surface area (Å²) in [5.41, 5.74) is -0.438. The largest absolute Gasteiger partial charge is 0.416 e. The molecule has 10 heteroatoms. The molecule has 0 spiro atoms. The van der Waals surface area contributed by atoms with Crippen LogP contribution >= 0.6 is 10.8 Å². The van der Waals surface area contributed by atoms with Gasteiger partial charge in [0, 0.05) is 31.3 Å². The molecule has 2 unspecified atom stereocenters. The van der Waals surface area contributed by atoms with Gasteiger partial charge in [-0.25, -0.2) is 14.7 Å². The SMILES string of the molecule is COS(C)(O)NCC1CCCN(c2ncnc3cc(C(F)(F)F)ccc23)C1. The zero-order valence-electron chi connectivity index (χ0n) is 15.2. The third kappa shape index (κ3) is 4.81. The van der Waals surface area contributed by atoms with Crippen LogP contribution in [0.15, 0.2) is 24.5 Å². The fourth-order valence-corrected chi connectivity index (χ4v) is 3.89. The first-order valence-electron chi connectivity index (χ1n) is 8.57. The number of fused-ring (bicyclic) bond motifs is 1. The molecule has 27 heavy (non-hydrogen) atoms. The molecule has 1 saturated heterocycles. The average molecular weight is 404 g/mol. The average Bonchev–Trinajstić information content (AvgIpc) is 2.65. The Kier molecular flexibility index (Phi) is 5.80. The van der Waals surface area contributed by atoms with E-state index < -0.39 is 22.5 Å². The van der Waals surface area contributed by atoms with Crippen LogP contribution in [-0.4, -0.2) is 47.5 Å². The van der Waals surface area contributed by atoms with Crippen LogP contribution < -0.4 is 9.62 Å². The molecule has 0 amide bonds. The van der Waals surface area contributed by atoms with Crippen LogP contribution in [0.4, 0.5) is 19.0 Å². The van der Waals surface area contributed by atoms with Crippen LogP contribution in [0.3, 0.4) is 0 Å². The lowest BCUT2D eigenvalue weighted by atomic mass is 9.98. The van der Waals surface area contributed by atoms with Gasteiger partial charge in [0.15, 0.2) is 0 Å². The number of nitrogens with one attached hydrogen (secondary N) is 1. The highest BCUT2D eigenvalue weighted by atomic mass is 32.3. The van der Waals surface area contributed by atoms with Gasteiger partial charge in [-0.1, -0.05) is 0 Å². The fraction of sp³-hybridized carbons (Fsp3) is 0.529. The molecule has 2 heterocycles. The number of alkyl halides is 3. The highest BCUT2D eigenvalue weighted by Gasteiger charge is 2.31. The number of hydrogen-bond donors (Lipinski definition) is 2. The van der Waals surface area contributed by atoms with Gasteiger partial charge in [0.1, 0.15) is 12.1 Å². The van der Waals surface area contributed by atoms with Crippen molar-refractivity contribution in [1.29, 1.82) is 0 Å². The van der Waals surface area contributed by atoms with Crippen molar-refractivity contribution < 1.29 is 21.9 Å². The number of nitrogens with zero attached hydrogens (tertiary/aromatic N) is 3. The zero-order valence-corrected chi connectivity index (χ0v) is 16.0. The first kappa shape index (κ1) is 20.1. The summed E-state index contributed by atoms with van der Waals surface area (Å²) in [5.74, 6) is 0.914. The summed E-state index contributed by atoms with van der Waals surface area (Å²) in [7, 11) is -0.799. The molecule has 2 aromatic rings. The number of hydrogen-bond acceptors (Lipinski definition) is 6. The molecule has 2 atom stereocenters. The molecule has 0 bridgehead atoms. The second kappa shape index (κ2) is 7.78. The third-order valence-electron chi connectivity index (χ3n) is 4.73. The van der Waals surface area contributed by atoms with Gasteiger partial charge in [-0.2, -0.15) is 13.2 Å². The van der Waals surface area contributed by atoms with Gasteiger partial charge in [0.25, 0.3) is 0 Å². The van der Waals surface area contributed by atoms with Gasteiger partial charge in [0.05, 0.1) is 18.2 Å². The number of benzene rings is 1. The second-order valence-corrected chi connectivity index (χ2v) is 8.93. The van der Waals surface area contributed by atoms with Gasteiger partial charge < -0.3 is 4.90 Å². The van der Waals surface area contributed by atoms with Crippen LogP contribution in [-0.2, 0) is 10.4 Å². The molecule has 1 aromatic heterocycles. The van der Waals surface area contributed by atoms with Crippen molar-refractivity contribution in [3.63, 3.8) is 0 Å². The molecule has 1 aliphatic heterocycles. The van der Waals surface area contributed by atoms with E-state index in [0.717, 1.165) is 31.5 Å². The molecule has 0 saturated carbocycles. The number of rotatable bonds is 5. The van der Waals surface area contributed by atoms with Gasteiger partial charge in [0.2, 0.25) is 0 Å². The Morgan fingerprint density at radius 2 is 2.15 bits per heavy atom. The lowest BCUT2D eigenvalue weighted by Crippen LogP contribution is -2.40. The van der Waals surface area contributed by atoms with Crippen molar-refractivity contribution >= 4 is 27.5 Å². The normalized spacial score (nSPS) is 21.9. The van der Waals surface area contributed by atoms with E-state index in [1.54, 1.807) is 6.26 Å². The summed E-state index contributed by atoms with van der Waals surface area (Å²) in [6, 6.07) is 3.56. The Bertz CT molecular complexity index is 803. The number of anilines is 1. The summed E-state index contributed by atoms with van der Waals surface area (Å²) in [5, 5.41) is 0.605. The van der Waals surface area contributed by atoms with E-state index in [2.05, 4.69) is 19.6 Å². The smallest absolute Gasteiger partial charge is 0.356 e. The van der Waals surface area contributed by atoms with E-state index in [4.69, 9.17) is 4.18 Å². The van der Waals surface area contributed by atoms with Gasteiger partial charge in [-0.3, -0.25) is 8.74 Å². The van der Waals surface area contributed by atoms with Crippen LogP contribution in [0.5, 0.6) is 0 Å². The van der Waals surface area contributed by atoms with E-state index in [9.17, 15) is 17.7 Å². The predicted molar refractivity (Wildman–Crippen MR) is 101 cm³/mol. The number of piperidine rings is 1. The van der Waals surface area contributed by atoms with Crippen molar-refractivity contribution in [3.05, 3.63) is 30.1 Å². The van der Waals surface area contributed by atoms with Crippen LogP contribution in [0.1, 0.15) is 18.4 Å². The zero-order chi connectivity index (χ0) is 19.7. The standard InChI is InChI=1S/C17H23F3N4O2S/c1-26-27(2,25)23-9-12-4-3-7-24(10-12)16-14-6-5-13(17(18,19)20)8-15(14)21-11-22-16/h5-6,8,11-12,23,25H,3-4,7,9-10H2,1-2H3. The van der Waals surface area contributed by atoms with Crippen molar-refractivity contribution in [1.82, 2.24) is 14.7 Å². The molecule has 3 rings (SSSR count). The first-order chi connectivity index (χ1) is 12.7. The minimum atomic E-state index is -4.40. The Morgan fingerprint density at radius 3 is 2.85 bits per heavy atom. The quantitative estimate of drug-likeness (QED) is 0.789. The van der Waals surface area contributed by atoms with E-state index >= 15 is 0 Å². The highest BCUT2D eigenvalue weighted by molar-refractivity contribution is 8.22. The monoisotopic (exact) mass is 404 g/mol. The number of aromatic nitrogens is 2. The van der Waals surface area contributed by atoms with Gasteiger partial charge >= 0.3 is 6.18 Å². The predicted octanol–water partition coefficient (Wildman–Crippen LogP) is 3.84. The Labute approximate surface area is 157 Å². The van der Waals surface area contributed by atoms with Crippen LogP contribution in [0.25, 0.3) is 10.9 Å².